The minimum atomic E-state index is -0.289. The number of anilines is 2. The summed E-state index contributed by atoms with van der Waals surface area (Å²) in [6, 6.07) is 25.0. The van der Waals surface area contributed by atoms with Crippen LogP contribution in [0.2, 0.25) is 5.02 Å². The minimum absolute atomic E-state index is 0.289. The van der Waals surface area contributed by atoms with Gasteiger partial charge in [0, 0.05) is 16.1 Å². The van der Waals surface area contributed by atoms with E-state index in [1.54, 1.807) is 24.3 Å². The van der Waals surface area contributed by atoms with Crippen LogP contribution in [0.25, 0.3) is 21.5 Å². The highest BCUT2D eigenvalue weighted by atomic mass is 35.5. The summed E-state index contributed by atoms with van der Waals surface area (Å²) in [5.74, 6) is 0. The molecule has 4 heteroatoms. The van der Waals surface area contributed by atoms with Crippen LogP contribution in [-0.2, 0) is 0 Å². The van der Waals surface area contributed by atoms with Gasteiger partial charge in [-0.05, 0) is 58.6 Å². The van der Waals surface area contributed by atoms with E-state index in [0.29, 0.717) is 10.7 Å². The maximum absolute atomic E-state index is 12.3. The van der Waals surface area contributed by atoms with Crippen molar-refractivity contribution in [2.24, 2.45) is 0 Å². The molecular formula is C21H15ClN2O. The van der Waals surface area contributed by atoms with Gasteiger partial charge in [-0.1, -0.05) is 48.0 Å². The van der Waals surface area contributed by atoms with E-state index in [2.05, 4.69) is 34.9 Å². The lowest BCUT2D eigenvalue weighted by Crippen LogP contribution is -2.19. The molecule has 25 heavy (non-hydrogen) atoms. The van der Waals surface area contributed by atoms with Crippen molar-refractivity contribution >= 4 is 50.6 Å². The molecule has 2 amide bonds. The van der Waals surface area contributed by atoms with Crippen LogP contribution in [0.1, 0.15) is 0 Å². The number of rotatable bonds is 2. The first-order valence-corrected chi connectivity index (χ1v) is 8.32. The lowest BCUT2D eigenvalue weighted by Gasteiger charge is -2.11. The van der Waals surface area contributed by atoms with Gasteiger partial charge in [0.05, 0.1) is 5.69 Å². The number of hydrogen-bond donors (Lipinski definition) is 2. The zero-order chi connectivity index (χ0) is 17.2. The average Bonchev–Trinajstić information content (AvgIpc) is 2.62. The van der Waals surface area contributed by atoms with Crippen molar-refractivity contribution in [2.75, 3.05) is 10.6 Å². The van der Waals surface area contributed by atoms with E-state index < -0.39 is 0 Å². The molecule has 0 aromatic heterocycles. The Balaban J connectivity index is 1.65. The third-order valence-corrected chi connectivity index (χ3v) is 4.35. The lowest BCUT2D eigenvalue weighted by molar-refractivity contribution is 0.262. The van der Waals surface area contributed by atoms with E-state index in [1.165, 1.54) is 5.39 Å². The van der Waals surface area contributed by atoms with Gasteiger partial charge >= 0.3 is 6.03 Å². The van der Waals surface area contributed by atoms with Gasteiger partial charge in [-0.2, -0.15) is 0 Å². The van der Waals surface area contributed by atoms with Crippen molar-refractivity contribution in [3.8, 4) is 0 Å². The highest BCUT2D eigenvalue weighted by molar-refractivity contribution is 6.30. The Kier molecular flexibility index (Phi) is 4.00. The number of carbonyl (C=O) groups excluding carboxylic acids is 1. The Morgan fingerprint density at radius 2 is 1.40 bits per heavy atom. The third kappa shape index (κ3) is 3.28. The Hall–Kier alpha value is -3.04. The van der Waals surface area contributed by atoms with Gasteiger partial charge in [0.1, 0.15) is 0 Å². The van der Waals surface area contributed by atoms with Crippen molar-refractivity contribution < 1.29 is 4.79 Å². The Morgan fingerprint density at radius 3 is 2.16 bits per heavy atom. The van der Waals surface area contributed by atoms with Gasteiger partial charge in [0.25, 0.3) is 0 Å². The summed E-state index contributed by atoms with van der Waals surface area (Å²) in [5, 5.41) is 10.8. The molecule has 0 aliphatic rings. The van der Waals surface area contributed by atoms with Crippen LogP contribution in [-0.4, -0.2) is 6.03 Å². The summed E-state index contributed by atoms with van der Waals surface area (Å²) in [6.07, 6.45) is 0. The minimum Gasteiger partial charge on any atom is -0.308 e. The highest BCUT2D eigenvalue weighted by Gasteiger charge is 2.07. The molecule has 0 saturated carbocycles. The molecule has 0 atom stereocenters. The molecule has 4 rings (SSSR count). The molecule has 122 valence electrons. The van der Waals surface area contributed by atoms with Crippen LogP contribution in [0.4, 0.5) is 16.2 Å². The maximum atomic E-state index is 12.3. The van der Waals surface area contributed by atoms with Crippen molar-refractivity contribution in [2.45, 2.75) is 0 Å². The number of hydrogen-bond acceptors (Lipinski definition) is 1. The van der Waals surface area contributed by atoms with Gasteiger partial charge in [-0.25, -0.2) is 4.79 Å². The molecule has 0 unspecified atom stereocenters. The van der Waals surface area contributed by atoms with E-state index in [-0.39, 0.29) is 6.03 Å². The first-order chi connectivity index (χ1) is 12.2. The van der Waals surface area contributed by atoms with Gasteiger partial charge < -0.3 is 10.6 Å². The van der Waals surface area contributed by atoms with Crippen molar-refractivity contribution in [3.05, 3.63) is 83.9 Å². The highest BCUT2D eigenvalue weighted by Crippen LogP contribution is 2.28. The second-order valence-corrected chi connectivity index (χ2v) is 6.25. The molecule has 0 bridgehead atoms. The average molecular weight is 347 g/mol. The fraction of sp³-hybridized carbons (Fsp3) is 0. The van der Waals surface area contributed by atoms with E-state index in [9.17, 15) is 4.79 Å². The Morgan fingerprint density at radius 1 is 0.720 bits per heavy atom. The van der Waals surface area contributed by atoms with Crippen LogP contribution in [0.3, 0.4) is 0 Å². The fourth-order valence-electron chi connectivity index (χ4n) is 2.89. The van der Waals surface area contributed by atoms with Crippen LogP contribution < -0.4 is 10.6 Å². The molecule has 0 heterocycles. The smallest absolute Gasteiger partial charge is 0.308 e. The van der Waals surface area contributed by atoms with Crippen LogP contribution in [0, 0.1) is 0 Å². The first kappa shape index (κ1) is 15.5. The summed E-state index contributed by atoms with van der Waals surface area (Å²) >= 11 is 5.86. The monoisotopic (exact) mass is 346 g/mol. The fourth-order valence-corrected chi connectivity index (χ4v) is 3.02. The Labute approximate surface area is 150 Å². The van der Waals surface area contributed by atoms with Crippen molar-refractivity contribution in [1.29, 1.82) is 0 Å². The summed E-state index contributed by atoms with van der Waals surface area (Å²) in [7, 11) is 0. The second kappa shape index (κ2) is 6.46. The number of nitrogens with one attached hydrogen (secondary N) is 2. The summed E-state index contributed by atoms with van der Waals surface area (Å²) in [6.45, 7) is 0. The maximum Gasteiger partial charge on any atom is 0.323 e. The van der Waals surface area contributed by atoms with E-state index in [4.69, 9.17) is 11.6 Å². The van der Waals surface area contributed by atoms with Crippen LogP contribution >= 0.6 is 11.6 Å². The number of halogens is 1. The van der Waals surface area contributed by atoms with Gasteiger partial charge in [0.2, 0.25) is 0 Å². The zero-order valence-corrected chi connectivity index (χ0v) is 14.0. The zero-order valence-electron chi connectivity index (χ0n) is 13.3. The molecule has 4 aromatic rings. The van der Waals surface area contributed by atoms with E-state index in [1.807, 2.05) is 30.3 Å². The summed E-state index contributed by atoms with van der Waals surface area (Å²) in [4.78, 5) is 12.3. The molecule has 3 nitrogen and oxygen atoms in total. The lowest BCUT2D eigenvalue weighted by atomic mass is 10.0. The predicted molar refractivity (Wildman–Crippen MR) is 106 cm³/mol. The largest absolute Gasteiger partial charge is 0.323 e. The molecule has 0 aliphatic carbocycles. The third-order valence-electron chi connectivity index (χ3n) is 4.10. The van der Waals surface area contributed by atoms with Crippen molar-refractivity contribution in [3.63, 3.8) is 0 Å². The van der Waals surface area contributed by atoms with Crippen LogP contribution in [0.5, 0.6) is 0 Å². The number of urea groups is 1. The molecule has 0 fully saturated rings. The SMILES string of the molecule is O=C(Nc1ccc(Cl)cc1)Nc1cccc2cc3ccccc3cc12. The van der Waals surface area contributed by atoms with Crippen molar-refractivity contribution in [1.82, 2.24) is 0 Å². The Bertz CT molecular complexity index is 1070. The summed E-state index contributed by atoms with van der Waals surface area (Å²) < 4.78 is 0. The molecule has 2 N–H and O–H groups in total. The van der Waals surface area contributed by atoms with E-state index >= 15 is 0 Å². The van der Waals surface area contributed by atoms with Crippen LogP contribution in [0.15, 0.2) is 78.9 Å². The molecule has 0 saturated heterocycles. The van der Waals surface area contributed by atoms with Gasteiger partial charge in [-0.3, -0.25) is 0 Å². The summed E-state index contributed by atoms with van der Waals surface area (Å²) in [5.41, 5.74) is 1.46. The van der Waals surface area contributed by atoms with Gasteiger partial charge in [0.15, 0.2) is 0 Å². The predicted octanol–water partition coefficient (Wildman–Crippen LogP) is 6.29. The number of benzene rings is 4. The second-order valence-electron chi connectivity index (χ2n) is 5.81. The topological polar surface area (TPSA) is 41.1 Å². The standard InChI is InChI=1S/C21H15ClN2O/c22-17-8-10-18(11-9-17)23-21(25)24-20-7-3-6-16-12-14-4-1-2-5-15(14)13-19(16)20/h1-13H,(H2,23,24,25). The number of fused-ring (bicyclic) bond motifs is 2. The van der Waals surface area contributed by atoms with Gasteiger partial charge in [-0.15, -0.1) is 0 Å². The number of carbonyl (C=O) groups is 1. The first-order valence-electron chi connectivity index (χ1n) is 7.94. The molecule has 0 radical (unpaired) electrons. The van der Waals surface area contributed by atoms with E-state index in [0.717, 1.165) is 21.8 Å². The molecule has 0 aliphatic heterocycles. The number of amides is 2. The molecular weight excluding hydrogens is 332 g/mol. The molecule has 0 spiro atoms. The molecule has 4 aromatic carbocycles. The normalized spacial score (nSPS) is 10.8. The quantitative estimate of drug-likeness (QED) is 0.411.